The van der Waals surface area contributed by atoms with Crippen LogP contribution in [0.2, 0.25) is 0 Å². The van der Waals surface area contributed by atoms with E-state index in [0.717, 1.165) is 18.5 Å². The smallest absolute Gasteiger partial charge is 0.0388 e. The fraction of sp³-hybridized carbons (Fsp3) is 0.250. The first-order chi connectivity index (χ1) is 8.22. The van der Waals surface area contributed by atoms with Gasteiger partial charge in [0.25, 0.3) is 0 Å². The van der Waals surface area contributed by atoms with Crippen molar-refractivity contribution >= 4 is 5.69 Å². The zero-order chi connectivity index (χ0) is 12.0. The number of hydrogen-bond acceptors (Lipinski definition) is 1. The highest BCUT2D eigenvalue weighted by Gasteiger charge is 2.22. The number of nitrogen functional groups attached to an aromatic ring is 1. The lowest BCUT2D eigenvalue weighted by atomic mass is 9.95. The van der Waals surface area contributed by atoms with Crippen molar-refractivity contribution < 1.29 is 0 Å². The van der Waals surface area contributed by atoms with Crippen LogP contribution in [0.25, 0.3) is 11.1 Å². The summed E-state index contributed by atoms with van der Waals surface area (Å²) < 4.78 is 0. The Bertz CT molecular complexity index is 597. The topological polar surface area (TPSA) is 26.0 Å². The van der Waals surface area contributed by atoms with Gasteiger partial charge in [-0.25, -0.2) is 0 Å². The van der Waals surface area contributed by atoms with Gasteiger partial charge in [-0.3, -0.25) is 0 Å². The van der Waals surface area contributed by atoms with Crippen molar-refractivity contribution in [1.82, 2.24) is 0 Å². The molecule has 0 aliphatic heterocycles. The van der Waals surface area contributed by atoms with Crippen LogP contribution in [0.3, 0.4) is 0 Å². The van der Waals surface area contributed by atoms with Crippen LogP contribution < -0.4 is 5.73 Å². The van der Waals surface area contributed by atoms with Crippen molar-refractivity contribution in [3.05, 3.63) is 52.6 Å². The molecule has 0 unspecified atom stereocenters. The Balaban J connectivity index is 2.30. The minimum atomic E-state index is 0.988. The number of nitrogens with two attached hydrogens (primary N) is 1. The van der Waals surface area contributed by atoms with E-state index in [-0.39, 0.29) is 0 Å². The largest absolute Gasteiger partial charge is 0.398 e. The number of fused-ring (bicyclic) bond motifs is 3. The van der Waals surface area contributed by atoms with Gasteiger partial charge in [0.15, 0.2) is 0 Å². The van der Waals surface area contributed by atoms with Crippen LogP contribution in [0.1, 0.15) is 29.2 Å². The molecule has 2 aromatic carbocycles. The summed E-state index contributed by atoms with van der Waals surface area (Å²) in [5.41, 5.74) is 15.4. The molecule has 2 N–H and O–H groups in total. The standard InChI is InChI=1S/C16H17N/c1-3-11-8-14-13-7-5-4-6-12(13)9-15(14)16(17)10(11)2/h4-8H,3,9,17H2,1-2H3. The van der Waals surface area contributed by atoms with Crippen molar-refractivity contribution in [3.8, 4) is 11.1 Å². The fourth-order valence-corrected chi connectivity index (χ4v) is 2.84. The summed E-state index contributed by atoms with van der Waals surface area (Å²) in [4.78, 5) is 0. The molecule has 0 saturated heterocycles. The maximum absolute atomic E-state index is 6.29. The van der Waals surface area contributed by atoms with E-state index in [2.05, 4.69) is 44.2 Å². The van der Waals surface area contributed by atoms with Gasteiger partial charge in [-0.1, -0.05) is 37.3 Å². The third-order valence-corrected chi connectivity index (χ3v) is 3.91. The second kappa shape index (κ2) is 3.63. The molecular formula is C16H17N. The zero-order valence-corrected chi connectivity index (χ0v) is 10.4. The van der Waals surface area contributed by atoms with Crippen molar-refractivity contribution in [3.63, 3.8) is 0 Å². The summed E-state index contributed by atoms with van der Waals surface area (Å²) in [5, 5.41) is 0. The monoisotopic (exact) mass is 223 g/mol. The fourth-order valence-electron chi connectivity index (χ4n) is 2.84. The van der Waals surface area contributed by atoms with Crippen molar-refractivity contribution in [2.75, 3.05) is 5.73 Å². The molecule has 1 aliphatic rings. The Hall–Kier alpha value is -1.76. The molecule has 1 aliphatic carbocycles. The van der Waals surface area contributed by atoms with E-state index in [9.17, 15) is 0 Å². The van der Waals surface area contributed by atoms with Crippen molar-refractivity contribution in [2.24, 2.45) is 0 Å². The van der Waals surface area contributed by atoms with Crippen LogP contribution in [0.15, 0.2) is 30.3 Å². The summed E-state index contributed by atoms with van der Waals surface area (Å²) in [5.74, 6) is 0. The molecule has 0 atom stereocenters. The lowest BCUT2D eigenvalue weighted by Gasteiger charge is -2.12. The average molecular weight is 223 g/mol. The predicted molar refractivity (Wildman–Crippen MR) is 73.2 cm³/mol. The minimum Gasteiger partial charge on any atom is -0.398 e. The first-order valence-corrected chi connectivity index (χ1v) is 6.21. The number of hydrogen-bond donors (Lipinski definition) is 1. The lowest BCUT2D eigenvalue weighted by Crippen LogP contribution is -2.00. The van der Waals surface area contributed by atoms with E-state index in [1.54, 1.807) is 0 Å². The van der Waals surface area contributed by atoms with Gasteiger partial charge in [-0.05, 0) is 46.7 Å². The van der Waals surface area contributed by atoms with Gasteiger partial charge in [0.05, 0.1) is 0 Å². The van der Waals surface area contributed by atoms with E-state index >= 15 is 0 Å². The highest BCUT2D eigenvalue weighted by molar-refractivity contribution is 5.83. The van der Waals surface area contributed by atoms with Crippen LogP contribution in [0.4, 0.5) is 5.69 Å². The first kappa shape index (κ1) is 10.4. The highest BCUT2D eigenvalue weighted by Crippen LogP contribution is 2.41. The molecule has 0 heterocycles. The van der Waals surface area contributed by atoms with Crippen LogP contribution in [-0.4, -0.2) is 0 Å². The van der Waals surface area contributed by atoms with E-state index in [4.69, 9.17) is 5.73 Å². The second-order valence-corrected chi connectivity index (χ2v) is 4.79. The molecule has 0 radical (unpaired) electrons. The molecule has 0 aromatic heterocycles. The average Bonchev–Trinajstić information content (AvgIpc) is 2.72. The molecule has 2 aromatic rings. The molecule has 0 spiro atoms. The molecular weight excluding hydrogens is 206 g/mol. The highest BCUT2D eigenvalue weighted by atomic mass is 14.6. The van der Waals surface area contributed by atoms with Gasteiger partial charge in [0.2, 0.25) is 0 Å². The van der Waals surface area contributed by atoms with Crippen molar-refractivity contribution in [2.45, 2.75) is 26.7 Å². The normalized spacial score (nSPS) is 12.4. The number of rotatable bonds is 1. The van der Waals surface area contributed by atoms with Gasteiger partial charge < -0.3 is 5.73 Å². The second-order valence-electron chi connectivity index (χ2n) is 4.79. The van der Waals surface area contributed by atoms with Crippen LogP contribution in [0, 0.1) is 6.92 Å². The minimum absolute atomic E-state index is 0.988. The van der Waals surface area contributed by atoms with Gasteiger partial charge in [-0.15, -0.1) is 0 Å². The first-order valence-electron chi connectivity index (χ1n) is 6.21. The molecule has 3 rings (SSSR count). The summed E-state index contributed by atoms with van der Waals surface area (Å²) in [6, 6.07) is 10.9. The Morgan fingerprint density at radius 1 is 1.18 bits per heavy atom. The SMILES string of the molecule is CCc1cc2c(c(N)c1C)Cc1ccccc1-2. The Morgan fingerprint density at radius 3 is 2.71 bits per heavy atom. The molecule has 0 fully saturated rings. The van der Waals surface area contributed by atoms with Crippen LogP contribution in [0.5, 0.6) is 0 Å². The Labute approximate surface area is 102 Å². The Kier molecular flexibility index (Phi) is 2.22. The predicted octanol–water partition coefficient (Wildman–Crippen LogP) is 3.71. The molecule has 86 valence electrons. The lowest BCUT2D eigenvalue weighted by molar-refractivity contribution is 1.10. The molecule has 0 amide bonds. The molecule has 17 heavy (non-hydrogen) atoms. The van der Waals surface area contributed by atoms with E-state index in [0.29, 0.717) is 0 Å². The van der Waals surface area contributed by atoms with Gasteiger partial charge in [0, 0.05) is 12.1 Å². The van der Waals surface area contributed by atoms with Gasteiger partial charge in [0.1, 0.15) is 0 Å². The molecule has 1 nitrogen and oxygen atoms in total. The molecule has 0 bridgehead atoms. The van der Waals surface area contributed by atoms with Crippen molar-refractivity contribution in [1.29, 1.82) is 0 Å². The Morgan fingerprint density at radius 2 is 1.94 bits per heavy atom. The van der Waals surface area contributed by atoms with E-state index < -0.39 is 0 Å². The third kappa shape index (κ3) is 1.39. The number of anilines is 1. The summed E-state index contributed by atoms with van der Waals surface area (Å²) in [6.45, 7) is 4.33. The molecule has 0 saturated carbocycles. The van der Waals surface area contributed by atoms with Gasteiger partial charge in [-0.2, -0.15) is 0 Å². The van der Waals surface area contributed by atoms with Gasteiger partial charge >= 0.3 is 0 Å². The quantitative estimate of drug-likeness (QED) is 0.625. The maximum atomic E-state index is 6.29. The zero-order valence-electron chi connectivity index (χ0n) is 10.4. The number of aryl methyl sites for hydroxylation is 1. The van der Waals surface area contributed by atoms with Crippen LogP contribution in [-0.2, 0) is 12.8 Å². The van der Waals surface area contributed by atoms with E-state index in [1.165, 1.54) is 33.4 Å². The summed E-state index contributed by atoms with van der Waals surface area (Å²) in [6.07, 6.45) is 2.04. The van der Waals surface area contributed by atoms with E-state index in [1.807, 2.05) is 0 Å². The maximum Gasteiger partial charge on any atom is 0.0388 e. The summed E-state index contributed by atoms with van der Waals surface area (Å²) >= 11 is 0. The summed E-state index contributed by atoms with van der Waals surface area (Å²) in [7, 11) is 0. The van der Waals surface area contributed by atoms with Crippen LogP contribution >= 0.6 is 0 Å². The third-order valence-electron chi connectivity index (χ3n) is 3.91. The molecule has 1 heteroatoms. The number of benzene rings is 2.